The van der Waals surface area contributed by atoms with Crippen LogP contribution < -0.4 is 5.32 Å². The van der Waals surface area contributed by atoms with Crippen LogP contribution in [0.5, 0.6) is 0 Å². The minimum Gasteiger partial charge on any atom is -0.325 e. The molecular formula is C15H23N3OS. The van der Waals surface area contributed by atoms with E-state index in [4.69, 9.17) is 0 Å². The predicted octanol–water partition coefficient (Wildman–Crippen LogP) is 3.24. The molecule has 2 amide bonds. The van der Waals surface area contributed by atoms with E-state index in [1.165, 1.54) is 11.3 Å². The van der Waals surface area contributed by atoms with E-state index in [0.29, 0.717) is 5.37 Å². The van der Waals surface area contributed by atoms with Crippen molar-refractivity contribution < 1.29 is 4.79 Å². The number of benzene rings is 1. The quantitative estimate of drug-likeness (QED) is 0.925. The molecule has 20 heavy (non-hydrogen) atoms. The normalized spacial score (nSPS) is 19.1. The van der Waals surface area contributed by atoms with Gasteiger partial charge >= 0.3 is 6.03 Å². The number of carbonyl (C=O) groups is 1. The maximum absolute atomic E-state index is 12.0. The summed E-state index contributed by atoms with van der Waals surface area (Å²) >= 11 is 1.97. The first-order valence-electron chi connectivity index (χ1n) is 7.13. The smallest absolute Gasteiger partial charge is 0.321 e. The monoisotopic (exact) mass is 293 g/mol. The molecule has 0 spiro atoms. The van der Waals surface area contributed by atoms with E-state index in [-0.39, 0.29) is 6.03 Å². The Labute approximate surface area is 125 Å². The Kier molecular flexibility index (Phi) is 5.31. The number of thioether (sulfide) groups is 1. The van der Waals surface area contributed by atoms with Gasteiger partial charge in [-0.05, 0) is 38.6 Å². The maximum atomic E-state index is 12.0. The zero-order valence-electron chi connectivity index (χ0n) is 12.4. The largest absolute Gasteiger partial charge is 0.325 e. The molecule has 0 saturated carbocycles. The minimum absolute atomic E-state index is 0.0323. The molecule has 110 valence electrons. The molecule has 1 aliphatic heterocycles. The van der Waals surface area contributed by atoms with Gasteiger partial charge in [-0.3, -0.25) is 4.90 Å². The van der Waals surface area contributed by atoms with Crippen molar-refractivity contribution in [2.75, 3.05) is 37.8 Å². The Balaban J connectivity index is 1.99. The highest BCUT2D eigenvalue weighted by Gasteiger charge is 2.22. The molecule has 1 aromatic carbocycles. The first kappa shape index (κ1) is 15.2. The van der Waals surface area contributed by atoms with Gasteiger partial charge in [-0.2, -0.15) is 0 Å². The van der Waals surface area contributed by atoms with E-state index < -0.39 is 0 Å². The summed E-state index contributed by atoms with van der Waals surface area (Å²) in [6.45, 7) is 6.56. The number of amides is 2. The fourth-order valence-corrected chi connectivity index (χ4v) is 3.67. The lowest BCUT2D eigenvalue weighted by Gasteiger charge is -2.21. The SMILES string of the molecule is CCN(CC)C(=O)Nc1ccc(C2SCCN2C)cc1. The third-order valence-corrected chi connectivity index (χ3v) is 4.98. The number of hydrogen-bond acceptors (Lipinski definition) is 3. The summed E-state index contributed by atoms with van der Waals surface area (Å²) < 4.78 is 0. The molecule has 1 unspecified atom stereocenters. The van der Waals surface area contributed by atoms with Gasteiger partial charge in [0.1, 0.15) is 0 Å². The Hall–Kier alpha value is -1.20. The van der Waals surface area contributed by atoms with Crippen LogP contribution in [-0.4, -0.2) is 48.3 Å². The Bertz CT molecular complexity index is 445. The fraction of sp³-hybridized carbons (Fsp3) is 0.533. The number of nitrogens with zero attached hydrogens (tertiary/aromatic N) is 2. The van der Waals surface area contributed by atoms with Gasteiger partial charge in [-0.1, -0.05) is 12.1 Å². The number of nitrogens with one attached hydrogen (secondary N) is 1. The molecule has 0 radical (unpaired) electrons. The Morgan fingerprint density at radius 3 is 2.50 bits per heavy atom. The van der Waals surface area contributed by atoms with Crippen molar-refractivity contribution in [3.05, 3.63) is 29.8 Å². The lowest BCUT2D eigenvalue weighted by Crippen LogP contribution is -2.34. The van der Waals surface area contributed by atoms with Crippen LogP contribution in [0.3, 0.4) is 0 Å². The highest BCUT2D eigenvalue weighted by atomic mass is 32.2. The summed E-state index contributed by atoms with van der Waals surface area (Å²) in [4.78, 5) is 16.1. The van der Waals surface area contributed by atoms with E-state index in [1.807, 2.05) is 37.7 Å². The molecule has 1 saturated heterocycles. The van der Waals surface area contributed by atoms with Crippen molar-refractivity contribution >= 4 is 23.5 Å². The third-order valence-electron chi connectivity index (χ3n) is 3.62. The van der Waals surface area contributed by atoms with Gasteiger partial charge in [-0.25, -0.2) is 4.79 Å². The van der Waals surface area contributed by atoms with E-state index in [2.05, 4.69) is 29.4 Å². The van der Waals surface area contributed by atoms with Crippen molar-refractivity contribution in [2.45, 2.75) is 19.2 Å². The average molecular weight is 293 g/mol. The van der Waals surface area contributed by atoms with Crippen molar-refractivity contribution in [3.8, 4) is 0 Å². The molecule has 0 bridgehead atoms. The molecule has 5 heteroatoms. The van der Waals surface area contributed by atoms with Crippen molar-refractivity contribution in [2.24, 2.45) is 0 Å². The van der Waals surface area contributed by atoms with E-state index in [0.717, 1.165) is 25.3 Å². The summed E-state index contributed by atoms with van der Waals surface area (Å²) in [7, 11) is 2.15. The summed E-state index contributed by atoms with van der Waals surface area (Å²) in [6, 6.07) is 8.16. The molecule has 4 nitrogen and oxygen atoms in total. The Morgan fingerprint density at radius 2 is 2.00 bits per heavy atom. The number of urea groups is 1. The molecule has 1 heterocycles. The second-order valence-corrected chi connectivity index (χ2v) is 6.12. The van der Waals surface area contributed by atoms with Crippen LogP contribution in [0.2, 0.25) is 0 Å². The van der Waals surface area contributed by atoms with Crippen LogP contribution in [0.4, 0.5) is 10.5 Å². The number of rotatable bonds is 4. The number of anilines is 1. The zero-order valence-corrected chi connectivity index (χ0v) is 13.2. The minimum atomic E-state index is -0.0323. The Morgan fingerprint density at radius 1 is 1.35 bits per heavy atom. The molecule has 0 aromatic heterocycles. The van der Waals surface area contributed by atoms with E-state index in [9.17, 15) is 4.79 Å². The van der Waals surface area contributed by atoms with Gasteiger partial charge in [0.05, 0.1) is 5.37 Å². The van der Waals surface area contributed by atoms with Crippen LogP contribution in [0, 0.1) is 0 Å². The molecule has 1 fully saturated rings. The van der Waals surface area contributed by atoms with Gasteiger partial charge in [-0.15, -0.1) is 11.8 Å². The van der Waals surface area contributed by atoms with Crippen LogP contribution in [-0.2, 0) is 0 Å². The zero-order chi connectivity index (χ0) is 14.5. The summed E-state index contributed by atoms with van der Waals surface area (Å²) in [5.74, 6) is 1.18. The molecule has 1 N–H and O–H groups in total. The molecular weight excluding hydrogens is 270 g/mol. The molecule has 1 aliphatic rings. The molecule has 0 aliphatic carbocycles. The van der Waals surface area contributed by atoms with Gasteiger partial charge in [0.2, 0.25) is 0 Å². The number of hydrogen-bond donors (Lipinski definition) is 1. The average Bonchev–Trinajstić information content (AvgIpc) is 2.87. The lowest BCUT2D eigenvalue weighted by molar-refractivity contribution is 0.217. The van der Waals surface area contributed by atoms with Crippen molar-refractivity contribution in [1.82, 2.24) is 9.80 Å². The summed E-state index contributed by atoms with van der Waals surface area (Å²) in [5.41, 5.74) is 2.16. The van der Waals surface area contributed by atoms with E-state index in [1.54, 1.807) is 4.90 Å². The first-order chi connectivity index (χ1) is 9.65. The lowest BCUT2D eigenvalue weighted by atomic mass is 10.2. The highest BCUT2D eigenvalue weighted by Crippen LogP contribution is 2.36. The van der Waals surface area contributed by atoms with Crippen LogP contribution in [0.1, 0.15) is 24.8 Å². The van der Waals surface area contributed by atoms with Crippen LogP contribution in [0.25, 0.3) is 0 Å². The van der Waals surface area contributed by atoms with Crippen LogP contribution >= 0.6 is 11.8 Å². The van der Waals surface area contributed by atoms with Crippen LogP contribution in [0.15, 0.2) is 24.3 Å². The highest BCUT2D eigenvalue weighted by molar-refractivity contribution is 7.99. The van der Waals surface area contributed by atoms with Gasteiger partial charge in [0.15, 0.2) is 0 Å². The third kappa shape index (κ3) is 3.46. The predicted molar refractivity (Wildman–Crippen MR) is 86.2 cm³/mol. The van der Waals surface area contributed by atoms with Gasteiger partial charge in [0, 0.05) is 31.1 Å². The second-order valence-electron chi connectivity index (χ2n) is 4.93. The topological polar surface area (TPSA) is 35.6 Å². The molecule has 1 aromatic rings. The summed E-state index contributed by atoms with van der Waals surface area (Å²) in [6.07, 6.45) is 0. The number of carbonyl (C=O) groups excluding carboxylic acids is 1. The second kappa shape index (κ2) is 6.99. The summed E-state index contributed by atoms with van der Waals surface area (Å²) in [5, 5.41) is 3.39. The molecule has 1 atom stereocenters. The van der Waals surface area contributed by atoms with Crippen molar-refractivity contribution in [3.63, 3.8) is 0 Å². The first-order valence-corrected chi connectivity index (χ1v) is 8.18. The molecule has 2 rings (SSSR count). The fourth-order valence-electron chi connectivity index (χ4n) is 2.35. The standard InChI is InChI=1S/C15H23N3OS/c1-4-18(5-2)15(19)16-13-8-6-12(7-9-13)14-17(3)10-11-20-14/h6-9,14H,4-5,10-11H2,1-3H3,(H,16,19). The maximum Gasteiger partial charge on any atom is 0.321 e. The van der Waals surface area contributed by atoms with Gasteiger partial charge in [0.25, 0.3) is 0 Å². The van der Waals surface area contributed by atoms with E-state index >= 15 is 0 Å². The van der Waals surface area contributed by atoms with Gasteiger partial charge < -0.3 is 10.2 Å². The van der Waals surface area contributed by atoms with Crippen molar-refractivity contribution in [1.29, 1.82) is 0 Å².